The van der Waals surface area contributed by atoms with Gasteiger partial charge in [-0.05, 0) is 91.2 Å². The van der Waals surface area contributed by atoms with Gasteiger partial charge in [-0.15, -0.1) is 0 Å². The van der Waals surface area contributed by atoms with Gasteiger partial charge in [-0.25, -0.2) is 28.8 Å². The monoisotopic (exact) mass is 837 g/mol. The lowest BCUT2D eigenvalue weighted by atomic mass is 10.0. The molecule has 0 radical (unpaired) electrons. The number of aliphatic carboxylic acids is 1. The van der Waals surface area contributed by atoms with Crippen LogP contribution in [0.15, 0.2) is 60.7 Å². The number of aliphatic hydroxyl groups is 1. The van der Waals surface area contributed by atoms with Gasteiger partial charge in [0.1, 0.15) is 42.6 Å². The first-order chi connectivity index (χ1) is 28.1. The van der Waals surface area contributed by atoms with E-state index in [-0.39, 0.29) is 25.0 Å². The molecule has 2 rings (SSSR count). The van der Waals surface area contributed by atoms with E-state index in [1.54, 1.807) is 41.5 Å². The molecule has 2 aromatic rings. The summed E-state index contributed by atoms with van der Waals surface area (Å²) in [6.07, 6.45) is -2.59. The largest absolute Gasteiger partial charge is 0.480 e. The van der Waals surface area contributed by atoms with E-state index in [0.29, 0.717) is 12.8 Å². The van der Waals surface area contributed by atoms with Gasteiger partial charge in [0.2, 0.25) is 0 Å². The van der Waals surface area contributed by atoms with Crippen molar-refractivity contribution in [1.29, 1.82) is 0 Å². The first-order valence-electron chi connectivity index (χ1n) is 20.6. The summed E-state index contributed by atoms with van der Waals surface area (Å²) < 4.78 is 35.8. The van der Waals surface area contributed by atoms with E-state index in [2.05, 4.69) is 0 Å². The Bertz CT molecular complexity index is 1600. The van der Waals surface area contributed by atoms with Gasteiger partial charge in [0.25, 0.3) is 0 Å². The number of aliphatic hydroxyl groups excluding tert-OH is 1. The fourth-order valence-corrected chi connectivity index (χ4v) is 4.65. The van der Waals surface area contributed by atoms with Crippen LogP contribution in [0.3, 0.4) is 0 Å². The minimum absolute atomic E-state index is 0.0921. The van der Waals surface area contributed by atoms with Crippen LogP contribution in [-0.2, 0) is 56.1 Å². The smallest absolute Gasteiger partial charge is 0.410 e. The molecule has 0 bridgehead atoms. The maximum atomic E-state index is 12.7. The summed E-state index contributed by atoms with van der Waals surface area (Å²) in [4.78, 5) is 73.3. The number of ether oxygens (including phenoxy) is 5. The van der Waals surface area contributed by atoms with Crippen LogP contribution in [0.25, 0.3) is 0 Å². The molecule has 2 amide bonds. The third-order valence-corrected chi connectivity index (χ3v) is 7.66. The van der Waals surface area contributed by atoms with Gasteiger partial charge < -0.3 is 33.9 Å². The Balaban J connectivity index is 0. The fraction of sp³-hybridized carbons (Fsp3) is 0.591. The lowest BCUT2D eigenvalue weighted by Crippen LogP contribution is -2.47. The number of carbonyl (C=O) groups is 6. The average Bonchev–Trinajstić information content (AvgIpc) is 3.17. The summed E-state index contributed by atoms with van der Waals surface area (Å²) in [5.74, 6) is -2.60. The molecule has 2 N–H and O–H groups in total. The number of esters is 3. The van der Waals surface area contributed by atoms with Crippen molar-refractivity contribution >= 4 is 36.1 Å². The van der Waals surface area contributed by atoms with Crippen LogP contribution in [0.5, 0.6) is 0 Å². The zero-order chi connectivity index (χ0) is 47.7. The van der Waals surface area contributed by atoms with Crippen molar-refractivity contribution in [2.45, 2.75) is 145 Å². The maximum absolute atomic E-state index is 12.7. The van der Waals surface area contributed by atoms with Crippen molar-refractivity contribution in [3.8, 4) is 0 Å². The van der Waals surface area contributed by atoms with Crippen molar-refractivity contribution < 1.29 is 65.6 Å². The number of hydrogen-bond donors (Lipinski definition) is 2. The van der Waals surface area contributed by atoms with Crippen LogP contribution < -0.4 is 0 Å². The van der Waals surface area contributed by atoms with Crippen molar-refractivity contribution in [1.82, 2.24) is 9.80 Å². The van der Waals surface area contributed by atoms with Gasteiger partial charge >= 0.3 is 36.1 Å². The van der Waals surface area contributed by atoms with Crippen molar-refractivity contribution in [2.24, 2.45) is 11.8 Å². The molecule has 0 aliphatic rings. The Morgan fingerprint density at radius 3 is 1.31 bits per heavy atom. The Kier molecular flexibility index (Phi) is 22.9. The first kappa shape index (κ1) is 51.8. The summed E-state index contributed by atoms with van der Waals surface area (Å²) in [5, 5.41) is 17.9. The van der Waals surface area contributed by atoms with Crippen molar-refractivity contribution in [2.75, 3.05) is 14.1 Å². The van der Waals surface area contributed by atoms with Gasteiger partial charge in [0, 0.05) is 17.1 Å². The minimum atomic E-state index is -1.09. The van der Waals surface area contributed by atoms with E-state index in [9.17, 15) is 28.8 Å². The number of amides is 2. The molecule has 2 aromatic carbocycles. The number of rotatable bonds is 15. The third-order valence-electron chi connectivity index (χ3n) is 7.66. The molecule has 15 heteroatoms. The lowest BCUT2D eigenvalue weighted by molar-refractivity contribution is -0.170. The molecular formula is C44H70N2O13. The number of likely N-dealkylation sites (N-methyl/N-ethyl adjacent to an activating group) is 2. The predicted octanol–water partition coefficient (Wildman–Crippen LogP) is 7.65. The second-order valence-corrected chi connectivity index (χ2v) is 16.8. The van der Waals surface area contributed by atoms with Gasteiger partial charge in [0.05, 0.1) is 0 Å². The second-order valence-electron chi connectivity index (χ2n) is 16.8. The lowest BCUT2D eigenvalue weighted by Gasteiger charge is -2.30. The summed E-state index contributed by atoms with van der Waals surface area (Å²) in [7, 11) is 2.94. The number of benzene rings is 2. The highest BCUT2D eigenvalue weighted by Gasteiger charge is 2.34. The van der Waals surface area contributed by atoms with E-state index in [1.807, 2.05) is 88.4 Å². The molecule has 0 saturated heterocycles. The summed E-state index contributed by atoms with van der Waals surface area (Å²) in [6, 6.07) is 16.8. The molecule has 0 fully saturated rings. The van der Waals surface area contributed by atoms with Crippen LogP contribution in [0.2, 0.25) is 0 Å². The minimum Gasteiger partial charge on any atom is -0.480 e. The molecule has 15 nitrogen and oxygen atoms in total. The third kappa shape index (κ3) is 24.4. The quantitative estimate of drug-likeness (QED) is 0.131. The van der Waals surface area contributed by atoms with Crippen molar-refractivity contribution in [3.63, 3.8) is 0 Å². The van der Waals surface area contributed by atoms with Gasteiger partial charge in [0.15, 0.2) is 6.10 Å². The highest BCUT2D eigenvalue weighted by Crippen LogP contribution is 2.18. The highest BCUT2D eigenvalue weighted by molar-refractivity contribution is 5.84. The number of carboxylic acids is 1. The average molecular weight is 837 g/mol. The number of carbonyl (C=O) groups excluding carboxylic acids is 5. The molecule has 59 heavy (non-hydrogen) atoms. The topological polar surface area (TPSA) is 196 Å². The second kappa shape index (κ2) is 26.0. The van der Waals surface area contributed by atoms with E-state index in [0.717, 1.165) is 16.0 Å². The molecule has 0 heterocycles. The molecule has 0 aromatic heterocycles. The molecule has 4 atom stereocenters. The normalized spacial score (nSPS) is 13.2. The summed E-state index contributed by atoms with van der Waals surface area (Å²) >= 11 is 0. The van der Waals surface area contributed by atoms with Crippen LogP contribution in [0.1, 0.15) is 110 Å². The van der Waals surface area contributed by atoms with E-state index < -0.39 is 71.6 Å². The van der Waals surface area contributed by atoms with E-state index >= 15 is 0 Å². The molecule has 0 unspecified atom stereocenters. The first-order valence-corrected chi connectivity index (χ1v) is 19.6. The standard InChI is InChI=1S/C22H33NO6.C12H23NO4.C10H12O3.H2/c1-15(2)13-18(23(7)21(26)29-22(4,5)6)20(25)28-16(3)19(24)27-14-17-11-9-8-10-12-17;1-8(2)7-9(10(14)15)13(6)11(16)17-12(3,4)5;1-8(11)10(12)13-7-9-5-3-2-4-6-9;/h8-12,15-16,18H,13-14H2,1-7H3;8-9H,7H2,1-6H3,(H,14,15);2-6,8,11H,7H2,1H3;1H/t16-,18+;9-;8-;/m100./s1/i;;;1+1D. The number of hydrogen-bond acceptors (Lipinski definition) is 12. The zero-order valence-corrected chi connectivity index (χ0v) is 37.3. The molecule has 0 saturated carbocycles. The molecule has 0 aliphatic heterocycles. The summed E-state index contributed by atoms with van der Waals surface area (Å²) in [5.41, 5.74) is 0.441. The fourth-order valence-electron chi connectivity index (χ4n) is 4.65. The molecule has 0 aliphatic carbocycles. The van der Waals surface area contributed by atoms with Crippen LogP contribution in [-0.4, -0.2) is 106 Å². The zero-order valence-electron chi connectivity index (χ0n) is 39.3. The van der Waals surface area contributed by atoms with Crippen LogP contribution >= 0.6 is 0 Å². The van der Waals surface area contributed by atoms with Gasteiger partial charge in [-0.3, -0.25) is 9.80 Å². The highest BCUT2D eigenvalue weighted by atomic mass is 16.6. The Morgan fingerprint density at radius 1 is 0.610 bits per heavy atom. The Hall–Kier alpha value is -5.18. The SMILES string of the molecule is CC(C)C[C@@H](C(=O)O)N(C)C(=O)OC(C)(C)C.CC(C)C[C@@H](C(=O)O[C@H](C)C(=O)OCc1ccccc1)N(C)C(=O)OC(C)(C)C.C[C@H](O)C(=O)OCc1ccccc1.[2H][2H]. The number of nitrogens with zero attached hydrogens (tertiary/aromatic N) is 2. The predicted molar refractivity (Wildman–Crippen MR) is 224 cm³/mol. The van der Waals surface area contributed by atoms with Crippen LogP contribution in [0, 0.1) is 11.8 Å². The number of carboxylic acid groups (broad SMARTS) is 1. The molecular weight excluding hydrogens is 764 g/mol. The molecule has 0 spiro atoms. The summed E-state index contributed by atoms with van der Waals surface area (Å²) in [6.45, 7) is 21.3. The molecule has 334 valence electrons. The van der Waals surface area contributed by atoms with E-state index in [1.165, 1.54) is 32.8 Å². The van der Waals surface area contributed by atoms with Crippen LogP contribution in [0.4, 0.5) is 9.59 Å². The maximum Gasteiger partial charge on any atom is 0.410 e. The van der Waals surface area contributed by atoms with Crippen molar-refractivity contribution in [3.05, 3.63) is 71.8 Å². The Labute approximate surface area is 353 Å². The van der Waals surface area contributed by atoms with Gasteiger partial charge in [-0.2, -0.15) is 0 Å². The Morgan fingerprint density at radius 2 is 0.966 bits per heavy atom. The van der Waals surface area contributed by atoms with E-state index in [4.69, 9.17) is 36.9 Å². The van der Waals surface area contributed by atoms with Gasteiger partial charge in [-0.1, -0.05) is 88.4 Å².